The number of carbonyl (C=O) groups excluding carboxylic acids is 1. The summed E-state index contributed by atoms with van der Waals surface area (Å²) in [5.74, 6) is -0.274. The molecule has 0 fully saturated rings. The van der Waals surface area contributed by atoms with Crippen molar-refractivity contribution in [3.63, 3.8) is 0 Å². The molecule has 0 aliphatic rings. The zero-order valence-electron chi connectivity index (χ0n) is 13.9. The Bertz CT molecular complexity index is 885. The summed E-state index contributed by atoms with van der Waals surface area (Å²) < 4.78 is 1.69. The van der Waals surface area contributed by atoms with Gasteiger partial charge in [-0.1, -0.05) is 30.3 Å². The fourth-order valence-electron chi connectivity index (χ4n) is 2.69. The molecule has 6 nitrogen and oxygen atoms in total. The van der Waals surface area contributed by atoms with E-state index in [1.54, 1.807) is 17.7 Å². The Morgan fingerprint density at radius 3 is 2.75 bits per heavy atom. The molecule has 1 atom stereocenters. The van der Waals surface area contributed by atoms with E-state index >= 15 is 0 Å². The maximum Gasteiger partial charge on any atom is 0.252 e. The van der Waals surface area contributed by atoms with E-state index < -0.39 is 5.60 Å². The first-order valence-corrected chi connectivity index (χ1v) is 7.74. The lowest BCUT2D eigenvalue weighted by Gasteiger charge is -2.24. The van der Waals surface area contributed by atoms with Gasteiger partial charge in [0.15, 0.2) is 5.65 Å². The van der Waals surface area contributed by atoms with Crippen molar-refractivity contribution in [2.75, 3.05) is 6.54 Å². The van der Waals surface area contributed by atoms with Crippen LogP contribution < -0.4 is 5.32 Å². The van der Waals surface area contributed by atoms with Gasteiger partial charge >= 0.3 is 0 Å². The van der Waals surface area contributed by atoms with E-state index in [-0.39, 0.29) is 12.5 Å². The molecule has 3 rings (SSSR count). The third-order valence-electron chi connectivity index (χ3n) is 4.11. The van der Waals surface area contributed by atoms with E-state index in [1.807, 2.05) is 44.3 Å². The molecule has 24 heavy (non-hydrogen) atoms. The molecule has 2 aromatic heterocycles. The van der Waals surface area contributed by atoms with Crippen molar-refractivity contribution in [1.29, 1.82) is 0 Å². The van der Waals surface area contributed by atoms with Crippen LogP contribution in [0.1, 0.15) is 28.5 Å². The van der Waals surface area contributed by atoms with Crippen molar-refractivity contribution in [3.05, 3.63) is 59.4 Å². The first-order valence-electron chi connectivity index (χ1n) is 7.74. The lowest BCUT2D eigenvalue weighted by atomic mass is 9.96. The fraction of sp³-hybridized carbons (Fsp3) is 0.278. The number of pyridine rings is 1. The highest BCUT2D eigenvalue weighted by Gasteiger charge is 2.24. The van der Waals surface area contributed by atoms with Gasteiger partial charge in [-0.05, 0) is 25.5 Å². The number of aliphatic hydroxyl groups is 1. The minimum absolute atomic E-state index is 0.111. The number of nitrogens with one attached hydrogen (secondary N) is 1. The van der Waals surface area contributed by atoms with E-state index in [1.165, 1.54) is 6.20 Å². The van der Waals surface area contributed by atoms with Crippen LogP contribution >= 0.6 is 0 Å². The largest absolute Gasteiger partial charge is 0.384 e. The van der Waals surface area contributed by atoms with Gasteiger partial charge in [0.1, 0.15) is 5.60 Å². The Morgan fingerprint density at radius 2 is 2.04 bits per heavy atom. The predicted octanol–water partition coefficient (Wildman–Crippen LogP) is 1.91. The van der Waals surface area contributed by atoms with E-state index in [2.05, 4.69) is 15.4 Å². The average Bonchev–Trinajstić information content (AvgIpc) is 2.87. The van der Waals surface area contributed by atoms with Crippen LogP contribution in [-0.4, -0.2) is 32.3 Å². The lowest BCUT2D eigenvalue weighted by molar-refractivity contribution is 0.0526. The Balaban J connectivity index is 1.77. The number of nitrogens with zero attached hydrogens (tertiary/aromatic N) is 3. The molecule has 1 aromatic carbocycles. The minimum atomic E-state index is -1.14. The Kier molecular flexibility index (Phi) is 4.07. The normalized spacial score (nSPS) is 13.7. The minimum Gasteiger partial charge on any atom is -0.384 e. The number of aromatic nitrogens is 3. The van der Waals surface area contributed by atoms with Crippen LogP contribution in [0.5, 0.6) is 0 Å². The Labute approximate surface area is 140 Å². The molecule has 0 radical (unpaired) electrons. The van der Waals surface area contributed by atoms with Crippen LogP contribution in [-0.2, 0) is 12.6 Å². The van der Waals surface area contributed by atoms with Crippen molar-refractivity contribution in [1.82, 2.24) is 20.1 Å². The van der Waals surface area contributed by atoms with Crippen LogP contribution in [0.25, 0.3) is 11.0 Å². The molecule has 1 unspecified atom stereocenters. The van der Waals surface area contributed by atoms with Gasteiger partial charge in [0.05, 0.1) is 17.8 Å². The number of hydrogen-bond acceptors (Lipinski definition) is 4. The van der Waals surface area contributed by atoms with Crippen molar-refractivity contribution in [3.8, 4) is 0 Å². The number of benzene rings is 1. The summed E-state index contributed by atoms with van der Waals surface area (Å²) >= 11 is 0. The topological polar surface area (TPSA) is 80.0 Å². The monoisotopic (exact) mass is 324 g/mol. The summed E-state index contributed by atoms with van der Waals surface area (Å²) in [7, 11) is 1.82. The van der Waals surface area contributed by atoms with Gasteiger partial charge in [0, 0.05) is 18.6 Å². The second kappa shape index (κ2) is 6.05. The molecule has 0 saturated carbocycles. The van der Waals surface area contributed by atoms with E-state index in [0.717, 1.165) is 22.3 Å². The molecular formula is C18H20N4O2. The van der Waals surface area contributed by atoms with Crippen molar-refractivity contribution in [2.24, 2.45) is 7.05 Å². The second-order valence-corrected chi connectivity index (χ2v) is 6.13. The molecule has 0 aliphatic heterocycles. The zero-order chi connectivity index (χ0) is 17.3. The SMILES string of the molecule is Cc1nn(C)c2ncc(C(=O)NCC(C)(O)c3ccccc3)cc12. The van der Waals surface area contributed by atoms with Gasteiger partial charge in [0.2, 0.25) is 0 Å². The highest BCUT2D eigenvalue weighted by atomic mass is 16.3. The van der Waals surface area contributed by atoms with Crippen molar-refractivity contribution < 1.29 is 9.90 Å². The molecule has 3 aromatic rings. The molecule has 1 amide bonds. The van der Waals surface area contributed by atoms with Crippen molar-refractivity contribution >= 4 is 16.9 Å². The number of amides is 1. The highest BCUT2D eigenvalue weighted by molar-refractivity contribution is 5.97. The van der Waals surface area contributed by atoms with Crippen molar-refractivity contribution in [2.45, 2.75) is 19.4 Å². The summed E-state index contributed by atoms with van der Waals surface area (Å²) in [4.78, 5) is 16.7. The molecule has 124 valence electrons. The predicted molar refractivity (Wildman–Crippen MR) is 91.6 cm³/mol. The van der Waals surface area contributed by atoms with Crippen LogP contribution in [0.4, 0.5) is 0 Å². The van der Waals surface area contributed by atoms with Gasteiger partial charge in [-0.2, -0.15) is 5.10 Å². The molecule has 6 heteroatoms. The van der Waals surface area contributed by atoms with Crippen LogP contribution in [0, 0.1) is 6.92 Å². The molecule has 0 saturated heterocycles. The highest BCUT2D eigenvalue weighted by Crippen LogP contribution is 2.20. The Hall–Kier alpha value is -2.73. The smallest absolute Gasteiger partial charge is 0.252 e. The lowest BCUT2D eigenvalue weighted by Crippen LogP contribution is -2.38. The van der Waals surface area contributed by atoms with Crippen LogP contribution in [0.3, 0.4) is 0 Å². The van der Waals surface area contributed by atoms with Crippen LogP contribution in [0.2, 0.25) is 0 Å². The van der Waals surface area contributed by atoms with E-state index in [9.17, 15) is 9.90 Å². The summed E-state index contributed by atoms with van der Waals surface area (Å²) in [6.07, 6.45) is 1.52. The number of aryl methyl sites for hydroxylation is 2. The first kappa shape index (κ1) is 16.1. The van der Waals surface area contributed by atoms with E-state index in [4.69, 9.17) is 0 Å². The average molecular weight is 324 g/mol. The number of carbonyl (C=O) groups is 1. The number of rotatable bonds is 4. The summed E-state index contributed by atoms with van der Waals surface area (Å²) in [6, 6.07) is 11.0. The summed E-state index contributed by atoms with van der Waals surface area (Å²) in [5, 5.41) is 18.5. The van der Waals surface area contributed by atoms with Gasteiger partial charge in [-0.3, -0.25) is 9.48 Å². The maximum absolute atomic E-state index is 12.4. The first-order chi connectivity index (χ1) is 11.4. The molecule has 2 heterocycles. The fourth-order valence-corrected chi connectivity index (χ4v) is 2.69. The van der Waals surface area contributed by atoms with Gasteiger partial charge in [-0.25, -0.2) is 4.98 Å². The van der Waals surface area contributed by atoms with Gasteiger partial charge < -0.3 is 10.4 Å². The molecule has 0 aliphatic carbocycles. The molecule has 0 spiro atoms. The third kappa shape index (κ3) is 3.00. The van der Waals surface area contributed by atoms with E-state index in [0.29, 0.717) is 5.56 Å². The molecule has 0 bridgehead atoms. The quantitative estimate of drug-likeness (QED) is 0.768. The maximum atomic E-state index is 12.4. The second-order valence-electron chi connectivity index (χ2n) is 6.13. The number of fused-ring (bicyclic) bond motifs is 1. The standard InChI is InChI=1S/C18H20N4O2/c1-12-15-9-13(10-19-16(15)22(3)21-12)17(23)20-11-18(2,24)14-7-5-4-6-8-14/h4-10,24H,11H2,1-3H3,(H,20,23). The van der Waals surface area contributed by atoms with Crippen LogP contribution in [0.15, 0.2) is 42.6 Å². The van der Waals surface area contributed by atoms with Gasteiger partial charge in [-0.15, -0.1) is 0 Å². The summed E-state index contributed by atoms with van der Waals surface area (Å²) in [6.45, 7) is 3.67. The summed E-state index contributed by atoms with van der Waals surface area (Å²) in [5.41, 5.74) is 1.62. The number of hydrogen-bond donors (Lipinski definition) is 2. The molecule has 2 N–H and O–H groups in total. The third-order valence-corrected chi connectivity index (χ3v) is 4.11. The van der Waals surface area contributed by atoms with Gasteiger partial charge in [0.25, 0.3) is 5.91 Å². The zero-order valence-corrected chi connectivity index (χ0v) is 13.9. The molecular weight excluding hydrogens is 304 g/mol. The Morgan fingerprint density at radius 1 is 1.33 bits per heavy atom.